The second-order valence-corrected chi connectivity index (χ2v) is 8.86. The quantitative estimate of drug-likeness (QED) is 0.437. The SMILES string of the molecule is CN(C)CCC1CCc2cc(OCc3ccc(-c4cccc(C=O)c4)cc3)ccc2C1. The minimum absolute atomic E-state index is 0.554. The zero-order valence-electron chi connectivity index (χ0n) is 18.5. The molecule has 4 rings (SSSR count). The van der Waals surface area contributed by atoms with E-state index in [1.54, 1.807) is 0 Å². The number of rotatable bonds is 8. The maximum absolute atomic E-state index is 11.0. The average Bonchev–Trinajstić information content (AvgIpc) is 2.81. The summed E-state index contributed by atoms with van der Waals surface area (Å²) in [5.41, 5.74) is 6.92. The van der Waals surface area contributed by atoms with E-state index in [0.717, 1.165) is 41.1 Å². The Balaban J connectivity index is 1.35. The van der Waals surface area contributed by atoms with E-state index >= 15 is 0 Å². The molecule has 1 unspecified atom stereocenters. The van der Waals surface area contributed by atoms with Crippen molar-refractivity contribution in [3.63, 3.8) is 0 Å². The summed E-state index contributed by atoms with van der Waals surface area (Å²) >= 11 is 0. The van der Waals surface area contributed by atoms with E-state index in [1.807, 2.05) is 24.3 Å². The molecular formula is C28H31NO2. The van der Waals surface area contributed by atoms with Crippen LogP contribution in [0.5, 0.6) is 5.75 Å². The lowest BCUT2D eigenvalue weighted by atomic mass is 9.82. The summed E-state index contributed by atoms with van der Waals surface area (Å²) in [6.45, 7) is 1.72. The van der Waals surface area contributed by atoms with Crippen molar-refractivity contribution in [2.45, 2.75) is 32.3 Å². The molecule has 3 nitrogen and oxygen atoms in total. The van der Waals surface area contributed by atoms with Crippen molar-refractivity contribution in [2.24, 2.45) is 5.92 Å². The van der Waals surface area contributed by atoms with Crippen LogP contribution in [0, 0.1) is 5.92 Å². The van der Waals surface area contributed by atoms with Gasteiger partial charge < -0.3 is 9.64 Å². The van der Waals surface area contributed by atoms with Crippen LogP contribution in [0.15, 0.2) is 66.7 Å². The molecule has 0 N–H and O–H groups in total. The van der Waals surface area contributed by atoms with Gasteiger partial charge in [-0.3, -0.25) is 4.79 Å². The number of fused-ring (bicyclic) bond motifs is 1. The molecule has 160 valence electrons. The third-order valence-electron chi connectivity index (χ3n) is 6.21. The van der Waals surface area contributed by atoms with Gasteiger partial charge in [0.25, 0.3) is 0 Å². The van der Waals surface area contributed by atoms with Crippen molar-refractivity contribution >= 4 is 6.29 Å². The van der Waals surface area contributed by atoms with Crippen molar-refractivity contribution < 1.29 is 9.53 Å². The van der Waals surface area contributed by atoms with Gasteiger partial charge in [-0.15, -0.1) is 0 Å². The Hall–Kier alpha value is -2.91. The van der Waals surface area contributed by atoms with Crippen LogP contribution >= 0.6 is 0 Å². The van der Waals surface area contributed by atoms with Crippen molar-refractivity contribution in [2.75, 3.05) is 20.6 Å². The lowest BCUT2D eigenvalue weighted by molar-refractivity contribution is 0.112. The Morgan fingerprint density at radius 3 is 2.58 bits per heavy atom. The summed E-state index contributed by atoms with van der Waals surface area (Å²) in [6, 6.07) is 22.6. The number of carbonyl (C=O) groups is 1. The van der Waals surface area contributed by atoms with Gasteiger partial charge in [-0.05, 0) is 98.3 Å². The number of hydrogen-bond acceptors (Lipinski definition) is 3. The van der Waals surface area contributed by atoms with Crippen molar-refractivity contribution in [1.82, 2.24) is 4.90 Å². The van der Waals surface area contributed by atoms with Crippen LogP contribution in [0.4, 0.5) is 0 Å². The zero-order valence-corrected chi connectivity index (χ0v) is 18.5. The fourth-order valence-electron chi connectivity index (χ4n) is 4.34. The van der Waals surface area contributed by atoms with Crippen LogP contribution in [0.3, 0.4) is 0 Å². The third-order valence-corrected chi connectivity index (χ3v) is 6.21. The molecule has 1 aliphatic carbocycles. The Bertz CT molecular complexity index is 1020. The molecule has 3 heteroatoms. The van der Waals surface area contributed by atoms with Gasteiger partial charge >= 0.3 is 0 Å². The second kappa shape index (κ2) is 9.93. The summed E-state index contributed by atoms with van der Waals surface area (Å²) < 4.78 is 6.09. The molecule has 0 fully saturated rings. The predicted octanol–water partition coefficient (Wildman–Crippen LogP) is 5.80. The highest BCUT2D eigenvalue weighted by Gasteiger charge is 2.19. The molecule has 0 aliphatic heterocycles. The molecule has 1 atom stereocenters. The van der Waals surface area contributed by atoms with E-state index in [2.05, 4.69) is 61.5 Å². The van der Waals surface area contributed by atoms with E-state index < -0.39 is 0 Å². The first-order chi connectivity index (χ1) is 15.1. The van der Waals surface area contributed by atoms with Crippen molar-refractivity contribution in [1.29, 1.82) is 0 Å². The summed E-state index contributed by atoms with van der Waals surface area (Å²) in [5.74, 6) is 1.75. The molecule has 31 heavy (non-hydrogen) atoms. The summed E-state index contributed by atoms with van der Waals surface area (Å²) in [7, 11) is 4.30. The molecule has 1 aliphatic rings. The van der Waals surface area contributed by atoms with Crippen LogP contribution in [0.25, 0.3) is 11.1 Å². The smallest absolute Gasteiger partial charge is 0.150 e. The van der Waals surface area contributed by atoms with E-state index in [9.17, 15) is 4.79 Å². The Labute approximate surface area is 185 Å². The maximum atomic E-state index is 11.0. The lowest BCUT2D eigenvalue weighted by Crippen LogP contribution is -2.21. The molecule has 0 spiro atoms. The fraction of sp³-hybridized carbons (Fsp3) is 0.321. The average molecular weight is 414 g/mol. The number of benzene rings is 3. The van der Waals surface area contributed by atoms with Gasteiger partial charge in [0.05, 0.1) is 0 Å². The molecule has 0 aromatic heterocycles. The predicted molar refractivity (Wildman–Crippen MR) is 127 cm³/mol. The summed E-state index contributed by atoms with van der Waals surface area (Å²) in [5, 5.41) is 0. The minimum Gasteiger partial charge on any atom is -0.489 e. The Morgan fingerprint density at radius 1 is 0.968 bits per heavy atom. The number of hydrogen-bond donors (Lipinski definition) is 0. The van der Waals surface area contributed by atoms with Gasteiger partial charge in [0.1, 0.15) is 18.6 Å². The number of aldehydes is 1. The largest absolute Gasteiger partial charge is 0.489 e. The lowest BCUT2D eigenvalue weighted by Gasteiger charge is -2.26. The number of aryl methyl sites for hydroxylation is 1. The first kappa shape index (κ1) is 21.3. The van der Waals surface area contributed by atoms with Crippen LogP contribution in [-0.2, 0) is 19.4 Å². The van der Waals surface area contributed by atoms with Crippen LogP contribution < -0.4 is 4.74 Å². The fourth-order valence-corrected chi connectivity index (χ4v) is 4.34. The topological polar surface area (TPSA) is 29.5 Å². The van der Waals surface area contributed by atoms with E-state index in [0.29, 0.717) is 12.2 Å². The number of ether oxygens (including phenoxy) is 1. The molecule has 0 amide bonds. The van der Waals surface area contributed by atoms with Gasteiger partial charge in [0, 0.05) is 5.56 Å². The molecule has 3 aromatic rings. The highest BCUT2D eigenvalue weighted by atomic mass is 16.5. The maximum Gasteiger partial charge on any atom is 0.150 e. The van der Waals surface area contributed by atoms with E-state index in [-0.39, 0.29) is 0 Å². The molecule has 0 saturated heterocycles. The van der Waals surface area contributed by atoms with Crippen molar-refractivity contribution in [3.8, 4) is 16.9 Å². The molecule has 0 radical (unpaired) electrons. The minimum atomic E-state index is 0.554. The Kier molecular flexibility index (Phi) is 6.83. The normalized spacial score (nSPS) is 15.5. The molecule has 0 heterocycles. The summed E-state index contributed by atoms with van der Waals surface area (Å²) in [4.78, 5) is 13.3. The van der Waals surface area contributed by atoms with Crippen LogP contribution in [0.1, 0.15) is 39.9 Å². The van der Waals surface area contributed by atoms with Crippen LogP contribution in [-0.4, -0.2) is 31.8 Å². The van der Waals surface area contributed by atoms with Gasteiger partial charge in [-0.25, -0.2) is 0 Å². The molecular weight excluding hydrogens is 382 g/mol. The van der Waals surface area contributed by atoms with Gasteiger partial charge in [-0.1, -0.05) is 48.5 Å². The zero-order chi connectivity index (χ0) is 21.6. The van der Waals surface area contributed by atoms with Gasteiger partial charge in [-0.2, -0.15) is 0 Å². The van der Waals surface area contributed by atoms with Crippen LogP contribution in [0.2, 0.25) is 0 Å². The second-order valence-electron chi connectivity index (χ2n) is 8.86. The highest BCUT2D eigenvalue weighted by molar-refractivity contribution is 5.78. The Morgan fingerprint density at radius 2 is 1.81 bits per heavy atom. The van der Waals surface area contributed by atoms with Gasteiger partial charge in [0.2, 0.25) is 0 Å². The standard InChI is InChI=1S/C28H31NO2/c1-29(2)15-14-21-6-11-27-18-28(13-12-26(27)16-21)31-20-22-7-9-24(10-8-22)25-5-3-4-23(17-25)19-30/h3-5,7-10,12-13,17-19,21H,6,11,14-16,20H2,1-2H3. The van der Waals surface area contributed by atoms with Crippen molar-refractivity contribution in [3.05, 3.63) is 89.0 Å². The first-order valence-corrected chi connectivity index (χ1v) is 11.1. The van der Waals surface area contributed by atoms with E-state index in [1.165, 1.54) is 36.9 Å². The number of nitrogens with zero attached hydrogens (tertiary/aromatic N) is 1. The highest BCUT2D eigenvalue weighted by Crippen LogP contribution is 2.30. The molecule has 0 bridgehead atoms. The number of carbonyl (C=O) groups excluding carboxylic acids is 1. The first-order valence-electron chi connectivity index (χ1n) is 11.1. The van der Waals surface area contributed by atoms with E-state index in [4.69, 9.17) is 4.74 Å². The molecule has 0 saturated carbocycles. The monoisotopic (exact) mass is 413 g/mol. The van der Waals surface area contributed by atoms with Gasteiger partial charge in [0.15, 0.2) is 0 Å². The third kappa shape index (κ3) is 5.62. The molecule has 3 aromatic carbocycles. The summed E-state index contributed by atoms with van der Waals surface area (Å²) in [6.07, 6.45) is 5.78.